The SMILES string of the molecule is c1ccc(Cc2cccc(N(Nc3ccccc3)ONc3ccccc3)c2Nc2ccccc2)cc1. The van der Waals surface area contributed by atoms with Crippen LogP contribution in [0.4, 0.5) is 28.4 Å². The molecule has 36 heavy (non-hydrogen) atoms. The summed E-state index contributed by atoms with van der Waals surface area (Å²) in [6, 6.07) is 46.6. The summed E-state index contributed by atoms with van der Waals surface area (Å²) in [5.41, 5.74) is 13.3. The molecule has 0 atom stereocenters. The molecule has 5 aromatic carbocycles. The first-order valence-electron chi connectivity index (χ1n) is 11.9. The number of nitrogens with one attached hydrogen (secondary N) is 3. The molecule has 3 N–H and O–H groups in total. The van der Waals surface area contributed by atoms with Crippen molar-refractivity contribution in [3.05, 3.63) is 151 Å². The number of anilines is 5. The van der Waals surface area contributed by atoms with Crippen LogP contribution in [0.15, 0.2) is 140 Å². The smallest absolute Gasteiger partial charge is 0.114 e. The number of hydrogen-bond acceptors (Lipinski definition) is 5. The maximum Gasteiger partial charge on any atom is 0.114 e. The fourth-order valence-electron chi connectivity index (χ4n) is 3.90. The highest BCUT2D eigenvalue weighted by Crippen LogP contribution is 2.34. The summed E-state index contributed by atoms with van der Waals surface area (Å²) in [5, 5.41) is 5.29. The van der Waals surface area contributed by atoms with Gasteiger partial charge in [-0.3, -0.25) is 5.43 Å². The third-order valence-corrected chi connectivity index (χ3v) is 5.66. The van der Waals surface area contributed by atoms with Crippen LogP contribution in [0.5, 0.6) is 0 Å². The molecule has 0 aliphatic rings. The lowest BCUT2D eigenvalue weighted by Crippen LogP contribution is -2.33. The number of rotatable bonds is 10. The van der Waals surface area contributed by atoms with E-state index >= 15 is 0 Å². The number of para-hydroxylation sites is 4. The second-order valence-electron chi connectivity index (χ2n) is 8.30. The first-order valence-corrected chi connectivity index (χ1v) is 11.9. The Kier molecular flexibility index (Phi) is 7.42. The zero-order valence-electron chi connectivity index (χ0n) is 19.8. The summed E-state index contributed by atoms with van der Waals surface area (Å²) in [7, 11) is 0. The summed E-state index contributed by atoms with van der Waals surface area (Å²) in [6.45, 7) is 0. The van der Waals surface area contributed by atoms with Crippen LogP contribution in [0.2, 0.25) is 0 Å². The van der Waals surface area contributed by atoms with Crippen molar-refractivity contribution in [2.24, 2.45) is 0 Å². The molecule has 0 amide bonds. The van der Waals surface area contributed by atoms with Gasteiger partial charge < -0.3 is 5.32 Å². The molecular formula is C31H28N4O. The van der Waals surface area contributed by atoms with Crippen molar-refractivity contribution >= 4 is 28.4 Å². The van der Waals surface area contributed by atoms with E-state index in [1.165, 1.54) is 5.56 Å². The normalized spacial score (nSPS) is 10.4. The Labute approximate surface area is 211 Å². The number of hydrogen-bond donors (Lipinski definition) is 3. The first-order chi connectivity index (χ1) is 17.8. The minimum atomic E-state index is 0.773. The molecule has 0 aliphatic heterocycles. The molecule has 5 rings (SSSR count). The van der Waals surface area contributed by atoms with Gasteiger partial charge in [0.05, 0.1) is 17.1 Å². The summed E-state index contributed by atoms with van der Waals surface area (Å²) < 4.78 is 0. The maximum atomic E-state index is 6.13. The quantitative estimate of drug-likeness (QED) is 0.181. The van der Waals surface area contributed by atoms with Crippen molar-refractivity contribution < 1.29 is 4.94 Å². The molecule has 5 aromatic rings. The fourth-order valence-corrected chi connectivity index (χ4v) is 3.90. The lowest BCUT2D eigenvalue weighted by atomic mass is 10.0. The standard InChI is InChI=1S/C31H28N4O/c1-5-14-25(15-6-1)24-26-16-13-23-30(31(26)32-27-17-7-2-8-18-27)35(33-28-19-9-3-10-20-28)36-34-29-21-11-4-12-22-29/h1-23,32-34H,24H2. The van der Waals surface area contributed by atoms with Crippen molar-refractivity contribution in [1.29, 1.82) is 0 Å². The van der Waals surface area contributed by atoms with Crippen LogP contribution in [0.3, 0.4) is 0 Å². The maximum absolute atomic E-state index is 6.13. The van der Waals surface area contributed by atoms with E-state index in [0.29, 0.717) is 0 Å². The molecule has 0 heterocycles. The van der Waals surface area contributed by atoms with Crippen LogP contribution >= 0.6 is 0 Å². The van der Waals surface area contributed by atoms with Gasteiger partial charge in [-0.25, -0.2) is 5.48 Å². The number of hydrazine groups is 1. The van der Waals surface area contributed by atoms with Gasteiger partial charge in [0, 0.05) is 5.69 Å². The lowest BCUT2D eigenvalue weighted by molar-refractivity contribution is 0.179. The van der Waals surface area contributed by atoms with Crippen LogP contribution in [0.1, 0.15) is 11.1 Å². The monoisotopic (exact) mass is 472 g/mol. The van der Waals surface area contributed by atoms with E-state index in [1.807, 2.05) is 91.0 Å². The third kappa shape index (κ3) is 6.03. The Morgan fingerprint density at radius 2 is 1.08 bits per heavy atom. The van der Waals surface area contributed by atoms with Gasteiger partial charge in [-0.2, -0.15) is 0 Å². The summed E-state index contributed by atoms with van der Waals surface area (Å²) in [6.07, 6.45) is 0.773. The van der Waals surface area contributed by atoms with Crippen molar-refractivity contribution in [2.45, 2.75) is 6.42 Å². The van der Waals surface area contributed by atoms with Crippen LogP contribution in [-0.4, -0.2) is 0 Å². The van der Waals surface area contributed by atoms with Crippen molar-refractivity contribution in [3.8, 4) is 0 Å². The summed E-state index contributed by atoms with van der Waals surface area (Å²) >= 11 is 0. The Bertz CT molecular complexity index is 1350. The second-order valence-corrected chi connectivity index (χ2v) is 8.30. The van der Waals surface area contributed by atoms with Gasteiger partial charge in [-0.1, -0.05) is 97.1 Å². The first kappa shape index (κ1) is 23.0. The van der Waals surface area contributed by atoms with Crippen molar-refractivity contribution in [2.75, 3.05) is 21.4 Å². The molecule has 5 nitrogen and oxygen atoms in total. The van der Waals surface area contributed by atoms with Gasteiger partial charge >= 0.3 is 0 Å². The molecule has 178 valence electrons. The highest BCUT2D eigenvalue weighted by Gasteiger charge is 2.18. The van der Waals surface area contributed by atoms with E-state index < -0.39 is 0 Å². The molecule has 0 aliphatic carbocycles. The van der Waals surface area contributed by atoms with Crippen molar-refractivity contribution in [3.63, 3.8) is 0 Å². The molecule has 0 unspecified atom stereocenters. The molecule has 0 saturated heterocycles. The van der Waals surface area contributed by atoms with Gasteiger partial charge in [-0.15, -0.1) is 10.1 Å². The van der Waals surface area contributed by atoms with Gasteiger partial charge in [0.1, 0.15) is 5.69 Å². The zero-order chi connectivity index (χ0) is 24.4. The van der Waals surface area contributed by atoms with E-state index in [9.17, 15) is 0 Å². The third-order valence-electron chi connectivity index (χ3n) is 5.66. The Morgan fingerprint density at radius 1 is 0.528 bits per heavy atom. The molecule has 0 saturated carbocycles. The van der Waals surface area contributed by atoms with Gasteiger partial charge in [0.25, 0.3) is 0 Å². The Morgan fingerprint density at radius 3 is 1.72 bits per heavy atom. The van der Waals surface area contributed by atoms with Gasteiger partial charge in [0.2, 0.25) is 0 Å². The average molecular weight is 473 g/mol. The largest absolute Gasteiger partial charge is 0.353 e. The number of nitrogens with zero attached hydrogens (tertiary/aromatic N) is 1. The number of benzene rings is 5. The predicted octanol–water partition coefficient (Wildman–Crippen LogP) is 7.81. The van der Waals surface area contributed by atoms with E-state index in [0.717, 1.165) is 40.4 Å². The topological polar surface area (TPSA) is 48.6 Å². The predicted molar refractivity (Wildman–Crippen MR) is 149 cm³/mol. The van der Waals surface area contributed by atoms with Crippen molar-refractivity contribution in [1.82, 2.24) is 0 Å². The van der Waals surface area contributed by atoms with E-state index in [2.05, 4.69) is 64.8 Å². The molecular weight excluding hydrogens is 444 g/mol. The van der Waals surface area contributed by atoms with Crippen LogP contribution in [0, 0.1) is 0 Å². The second kappa shape index (κ2) is 11.6. The molecule has 0 spiro atoms. The molecule has 0 radical (unpaired) electrons. The lowest BCUT2D eigenvalue weighted by Gasteiger charge is -2.28. The van der Waals surface area contributed by atoms with Crippen LogP contribution < -0.4 is 21.4 Å². The minimum Gasteiger partial charge on any atom is -0.353 e. The molecule has 0 bridgehead atoms. The fraction of sp³-hybridized carbons (Fsp3) is 0.0323. The molecule has 0 aromatic heterocycles. The molecule has 0 fully saturated rings. The highest BCUT2D eigenvalue weighted by atomic mass is 16.8. The summed E-state index contributed by atoms with van der Waals surface area (Å²) in [4.78, 5) is 6.13. The Balaban J connectivity index is 1.54. The van der Waals surface area contributed by atoms with Gasteiger partial charge in [0.15, 0.2) is 0 Å². The van der Waals surface area contributed by atoms with Gasteiger partial charge in [-0.05, 0) is 60.0 Å². The van der Waals surface area contributed by atoms with E-state index in [1.54, 1.807) is 5.17 Å². The summed E-state index contributed by atoms with van der Waals surface area (Å²) in [5.74, 6) is 0. The minimum absolute atomic E-state index is 0.773. The van der Waals surface area contributed by atoms with Crippen LogP contribution in [0.25, 0.3) is 0 Å². The van der Waals surface area contributed by atoms with Crippen LogP contribution in [-0.2, 0) is 11.4 Å². The van der Waals surface area contributed by atoms with E-state index in [-0.39, 0.29) is 0 Å². The molecule has 5 heteroatoms. The average Bonchev–Trinajstić information content (AvgIpc) is 2.94. The Hall–Kier alpha value is -4.74. The van der Waals surface area contributed by atoms with E-state index in [4.69, 9.17) is 4.94 Å². The zero-order valence-corrected chi connectivity index (χ0v) is 19.8. The highest BCUT2D eigenvalue weighted by molar-refractivity contribution is 5.79.